The third-order valence-corrected chi connectivity index (χ3v) is 4.91. The summed E-state index contributed by atoms with van der Waals surface area (Å²) in [5, 5.41) is 9.82. The molecule has 0 saturated carbocycles. The molecule has 0 aliphatic heterocycles. The maximum absolute atomic E-state index is 13.3. The van der Waals surface area contributed by atoms with Crippen LogP contribution in [0.5, 0.6) is 0 Å². The highest BCUT2D eigenvalue weighted by molar-refractivity contribution is 9.10. The Kier molecular flexibility index (Phi) is 4.54. The lowest BCUT2D eigenvalue weighted by atomic mass is 10.1. The van der Waals surface area contributed by atoms with Gasteiger partial charge in [0.15, 0.2) is 0 Å². The zero-order valence-corrected chi connectivity index (χ0v) is 14.2. The molecule has 23 heavy (non-hydrogen) atoms. The number of carboxylic acids is 1. The molecule has 3 nitrogen and oxygen atoms in total. The third kappa shape index (κ3) is 3.65. The summed E-state index contributed by atoms with van der Waals surface area (Å²) in [5.41, 5.74) is 2.15. The molecule has 6 heteroatoms. The predicted octanol–water partition coefficient (Wildman–Crippen LogP) is 5.21. The topological polar surface area (TPSA) is 50.2 Å². The van der Waals surface area contributed by atoms with Gasteiger partial charge in [-0.2, -0.15) is 0 Å². The first kappa shape index (κ1) is 15.8. The maximum Gasteiger partial charge on any atom is 0.307 e. The van der Waals surface area contributed by atoms with Crippen LogP contribution in [0, 0.1) is 5.82 Å². The molecule has 1 heterocycles. The standard InChI is InChI=1S/C17H11BrFNO2S/c18-12-8-10(5-6-13(12)19)7-11(9-16(21)22)17-20-14-3-1-2-4-15(14)23-17/h1-8H,9H2,(H,21,22)/b11-7+. The molecule has 0 bridgehead atoms. The van der Waals surface area contributed by atoms with E-state index in [-0.39, 0.29) is 12.2 Å². The van der Waals surface area contributed by atoms with Crippen molar-refractivity contribution in [1.82, 2.24) is 4.98 Å². The first-order valence-corrected chi connectivity index (χ1v) is 8.37. The van der Waals surface area contributed by atoms with Crippen LogP contribution in [0.2, 0.25) is 0 Å². The van der Waals surface area contributed by atoms with Gasteiger partial charge in [0.2, 0.25) is 0 Å². The van der Waals surface area contributed by atoms with Gasteiger partial charge in [-0.25, -0.2) is 9.37 Å². The summed E-state index contributed by atoms with van der Waals surface area (Å²) in [6, 6.07) is 12.2. The van der Waals surface area contributed by atoms with Crippen molar-refractivity contribution in [3.63, 3.8) is 0 Å². The molecule has 0 spiro atoms. The molecule has 116 valence electrons. The van der Waals surface area contributed by atoms with Gasteiger partial charge in [-0.05, 0) is 57.4 Å². The van der Waals surface area contributed by atoms with E-state index in [2.05, 4.69) is 20.9 Å². The summed E-state index contributed by atoms with van der Waals surface area (Å²) in [7, 11) is 0. The van der Waals surface area contributed by atoms with Crippen molar-refractivity contribution in [1.29, 1.82) is 0 Å². The molecule has 0 aliphatic rings. The normalized spacial score (nSPS) is 11.8. The Labute approximate surface area is 144 Å². The van der Waals surface area contributed by atoms with Crippen LogP contribution >= 0.6 is 27.3 Å². The molecule has 0 unspecified atom stereocenters. The number of benzene rings is 2. The third-order valence-electron chi connectivity index (χ3n) is 3.19. The van der Waals surface area contributed by atoms with Crippen LogP contribution in [-0.4, -0.2) is 16.1 Å². The number of carbonyl (C=O) groups is 1. The van der Waals surface area contributed by atoms with E-state index in [1.54, 1.807) is 18.2 Å². The van der Waals surface area contributed by atoms with Crippen LogP contribution in [0.25, 0.3) is 21.9 Å². The van der Waals surface area contributed by atoms with Gasteiger partial charge in [0.25, 0.3) is 0 Å². The first-order chi connectivity index (χ1) is 11.0. The van der Waals surface area contributed by atoms with Gasteiger partial charge in [-0.1, -0.05) is 18.2 Å². The van der Waals surface area contributed by atoms with E-state index in [0.717, 1.165) is 10.2 Å². The molecule has 0 amide bonds. The highest BCUT2D eigenvalue weighted by atomic mass is 79.9. The Morgan fingerprint density at radius 3 is 2.78 bits per heavy atom. The Morgan fingerprint density at radius 1 is 1.30 bits per heavy atom. The summed E-state index contributed by atoms with van der Waals surface area (Å²) in [5.74, 6) is -1.29. The highest BCUT2D eigenvalue weighted by Gasteiger charge is 2.13. The second kappa shape index (κ2) is 6.60. The molecular weight excluding hydrogens is 381 g/mol. The fraction of sp³-hybridized carbons (Fsp3) is 0.0588. The fourth-order valence-electron chi connectivity index (χ4n) is 2.16. The predicted molar refractivity (Wildman–Crippen MR) is 93.8 cm³/mol. The van der Waals surface area contributed by atoms with Crippen LogP contribution in [0.1, 0.15) is 17.0 Å². The average Bonchev–Trinajstić information content (AvgIpc) is 2.94. The fourth-order valence-corrected chi connectivity index (χ4v) is 3.54. The van der Waals surface area contributed by atoms with Crippen LogP contribution in [0.3, 0.4) is 0 Å². The summed E-state index contributed by atoms with van der Waals surface area (Å²) >= 11 is 4.58. The lowest BCUT2D eigenvalue weighted by Crippen LogP contribution is -1.97. The molecule has 1 aromatic heterocycles. The Morgan fingerprint density at radius 2 is 2.09 bits per heavy atom. The minimum atomic E-state index is -0.934. The molecule has 0 atom stereocenters. The van der Waals surface area contributed by atoms with Crippen molar-refractivity contribution in [2.24, 2.45) is 0 Å². The number of para-hydroxylation sites is 1. The van der Waals surface area contributed by atoms with Gasteiger partial charge in [-0.3, -0.25) is 4.79 Å². The van der Waals surface area contributed by atoms with E-state index in [4.69, 9.17) is 5.11 Å². The lowest BCUT2D eigenvalue weighted by Gasteiger charge is -2.03. The first-order valence-electron chi connectivity index (χ1n) is 6.76. The van der Waals surface area contributed by atoms with E-state index in [1.165, 1.54) is 17.4 Å². The molecule has 0 saturated heterocycles. The molecule has 3 rings (SSSR count). The van der Waals surface area contributed by atoms with Gasteiger partial charge in [0.05, 0.1) is 21.1 Å². The van der Waals surface area contributed by atoms with Crippen LogP contribution in [0.4, 0.5) is 4.39 Å². The molecular formula is C17H11BrFNO2S. The Hall–Kier alpha value is -2.05. The van der Waals surface area contributed by atoms with Crippen LogP contribution < -0.4 is 0 Å². The van der Waals surface area contributed by atoms with Crippen molar-refractivity contribution >= 4 is 55.1 Å². The zero-order valence-electron chi connectivity index (χ0n) is 11.8. The number of thiazole rings is 1. The second-order valence-electron chi connectivity index (χ2n) is 4.90. The number of nitrogens with zero attached hydrogens (tertiary/aromatic N) is 1. The van der Waals surface area contributed by atoms with Crippen molar-refractivity contribution in [3.8, 4) is 0 Å². The zero-order chi connectivity index (χ0) is 16.4. The number of carboxylic acid groups (broad SMARTS) is 1. The number of hydrogen-bond acceptors (Lipinski definition) is 3. The van der Waals surface area contributed by atoms with E-state index in [0.29, 0.717) is 20.6 Å². The minimum absolute atomic E-state index is 0.144. The highest BCUT2D eigenvalue weighted by Crippen LogP contribution is 2.30. The van der Waals surface area contributed by atoms with Gasteiger partial charge in [-0.15, -0.1) is 11.3 Å². The van der Waals surface area contributed by atoms with Crippen molar-refractivity contribution in [3.05, 3.63) is 63.3 Å². The summed E-state index contributed by atoms with van der Waals surface area (Å²) in [4.78, 5) is 15.7. The molecule has 3 aromatic rings. The number of fused-ring (bicyclic) bond motifs is 1. The maximum atomic E-state index is 13.3. The minimum Gasteiger partial charge on any atom is -0.481 e. The van der Waals surface area contributed by atoms with E-state index in [1.807, 2.05) is 24.3 Å². The monoisotopic (exact) mass is 391 g/mol. The van der Waals surface area contributed by atoms with Gasteiger partial charge < -0.3 is 5.11 Å². The van der Waals surface area contributed by atoms with E-state index < -0.39 is 5.97 Å². The molecule has 1 N–H and O–H groups in total. The molecule has 0 radical (unpaired) electrons. The van der Waals surface area contributed by atoms with Crippen LogP contribution in [0.15, 0.2) is 46.9 Å². The van der Waals surface area contributed by atoms with Gasteiger partial charge in [0.1, 0.15) is 10.8 Å². The number of rotatable bonds is 4. The smallest absolute Gasteiger partial charge is 0.307 e. The Balaban J connectivity index is 2.07. The molecule has 0 fully saturated rings. The van der Waals surface area contributed by atoms with E-state index in [9.17, 15) is 9.18 Å². The number of aromatic nitrogens is 1. The Bertz CT molecular complexity index is 887. The number of halogens is 2. The summed E-state index contributed by atoms with van der Waals surface area (Å²) in [6.45, 7) is 0. The van der Waals surface area contributed by atoms with Crippen molar-refractivity contribution in [2.75, 3.05) is 0 Å². The van der Waals surface area contributed by atoms with Gasteiger partial charge in [0, 0.05) is 0 Å². The SMILES string of the molecule is O=C(O)C/C(=C\c1ccc(F)c(Br)c1)c1nc2ccccc2s1. The van der Waals surface area contributed by atoms with Crippen molar-refractivity contribution in [2.45, 2.75) is 6.42 Å². The number of hydrogen-bond donors (Lipinski definition) is 1. The van der Waals surface area contributed by atoms with Crippen molar-refractivity contribution < 1.29 is 14.3 Å². The average molecular weight is 392 g/mol. The second-order valence-corrected chi connectivity index (χ2v) is 6.79. The van der Waals surface area contributed by atoms with E-state index >= 15 is 0 Å². The number of aliphatic carboxylic acids is 1. The quantitative estimate of drug-likeness (QED) is 0.663. The summed E-state index contributed by atoms with van der Waals surface area (Å²) in [6.07, 6.45) is 1.59. The molecule has 0 aliphatic carbocycles. The lowest BCUT2D eigenvalue weighted by molar-refractivity contribution is -0.135. The van der Waals surface area contributed by atoms with Gasteiger partial charge >= 0.3 is 5.97 Å². The van der Waals surface area contributed by atoms with Crippen LogP contribution in [-0.2, 0) is 4.79 Å². The summed E-state index contributed by atoms with van der Waals surface area (Å²) < 4.78 is 14.7. The molecule has 2 aromatic carbocycles. The largest absolute Gasteiger partial charge is 0.481 e.